The molecule has 61 heavy (non-hydrogen) atoms. The topological polar surface area (TPSA) is 105 Å². The lowest BCUT2D eigenvalue weighted by Gasteiger charge is -2.25. The minimum absolute atomic E-state index is 0.0548. The van der Waals surface area contributed by atoms with Crippen molar-refractivity contribution >= 4 is 13.7 Å². The lowest BCUT2D eigenvalue weighted by molar-refractivity contribution is -0.870. The highest BCUT2D eigenvalue weighted by atomic mass is 31.2. The second kappa shape index (κ2) is 43.9. The van der Waals surface area contributed by atoms with E-state index >= 15 is 0 Å². The smallest absolute Gasteiger partial charge is 0.387 e. The van der Waals surface area contributed by atoms with Gasteiger partial charge in [-0.25, -0.2) is 4.57 Å². The van der Waals surface area contributed by atoms with Crippen molar-refractivity contribution in [1.82, 2.24) is 5.32 Å². The van der Waals surface area contributed by atoms with Crippen molar-refractivity contribution in [3.63, 3.8) is 0 Å². The van der Waals surface area contributed by atoms with Crippen LogP contribution >= 0.6 is 7.82 Å². The van der Waals surface area contributed by atoms with Gasteiger partial charge in [-0.05, 0) is 44.9 Å². The lowest BCUT2D eigenvalue weighted by Crippen LogP contribution is -2.45. The standard InChI is InChI=1S/C52H101N2O6P/c1-6-8-10-12-14-16-18-20-22-23-24-25-26-27-28-29-30-32-34-36-38-40-42-44-46-52(56)53-50(49-60-61(57,58)59-48-47-54(3,4)5)51(55)45-43-41-39-37-35-33-31-21-19-17-15-13-11-9-7-2/h19,21,35,37,43,45,50-51,55H,6-18,20,22-34,36,38-42,44,46-49H2,1-5H3,(H-,53,56,57,58)/p+1/b21-19+,37-35+,45-43+. The van der Waals surface area contributed by atoms with Crippen LogP contribution in [0, 0.1) is 0 Å². The van der Waals surface area contributed by atoms with Crippen LogP contribution in [-0.4, -0.2) is 73.4 Å². The first-order valence-corrected chi connectivity index (χ1v) is 27.4. The summed E-state index contributed by atoms with van der Waals surface area (Å²) < 4.78 is 23.6. The highest BCUT2D eigenvalue weighted by Gasteiger charge is 2.27. The Labute approximate surface area is 378 Å². The van der Waals surface area contributed by atoms with E-state index in [0.29, 0.717) is 17.4 Å². The number of nitrogens with zero attached hydrogens (tertiary/aromatic N) is 1. The highest BCUT2D eigenvalue weighted by Crippen LogP contribution is 2.43. The van der Waals surface area contributed by atoms with Gasteiger partial charge in [-0.3, -0.25) is 13.8 Å². The zero-order chi connectivity index (χ0) is 45.0. The number of aliphatic hydroxyl groups is 1. The summed E-state index contributed by atoms with van der Waals surface area (Å²) in [6, 6.07) is -0.866. The van der Waals surface area contributed by atoms with Gasteiger partial charge in [0.15, 0.2) is 0 Å². The fourth-order valence-corrected chi connectivity index (χ4v) is 8.22. The Morgan fingerprint density at radius 3 is 1.31 bits per heavy atom. The van der Waals surface area contributed by atoms with Gasteiger partial charge in [0.25, 0.3) is 0 Å². The van der Waals surface area contributed by atoms with Gasteiger partial charge in [-0.2, -0.15) is 0 Å². The summed E-state index contributed by atoms with van der Waals surface area (Å²) in [7, 11) is 1.55. The molecular formula is C52H102N2O6P+. The van der Waals surface area contributed by atoms with Gasteiger partial charge in [0.05, 0.1) is 39.9 Å². The Morgan fingerprint density at radius 2 is 0.902 bits per heavy atom. The van der Waals surface area contributed by atoms with Crippen LogP contribution in [0.5, 0.6) is 0 Å². The zero-order valence-corrected chi connectivity index (χ0v) is 41.8. The number of amides is 1. The molecule has 0 aliphatic carbocycles. The number of nitrogens with one attached hydrogen (secondary N) is 1. The van der Waals surface area contributed by atoms with Crippen molar-refractivity contribution in [3.05, 3.63) is 36.5 Å². The van der Waals surface area contributed by atoms with Crippen LogP contribution in [0.15, 0.2) is 36.5 Å². The van der Waals surface area contributed by atoms with Crippen molar-refractivity contribution in [1.29, 1.82) is 0 Å². The summed E-state index contributed by atoms with van der Waals surface area (Å²) in [5, 5.41) is 13.8. The van der Waals surface area contributed by atoms with Gasteiger partial charge < -0.3 is 19.8 Å². The van der Waals surface area contributed by atoms with Gasteiger partial charge in [0.1, 0.15) is 13.2 Å². The predicted molar refractivity (Wildman–Crippen MR) is 263 cm³/mol. The number of allylic oxidation sites excluding steroid dienone is 5. The molecule has 3 atom stereocenters. The molecule has 3 unspecified atom stereocenters. The van der Waals surface area contributed by atoms with E-state index in [-0.39, 0.29) is 19.1 Å². The number of phosphoric ester groups is 1. The van der Waals surface area contributed by atoms with Crippen LogP contribution < -0.4 is 5.32 Å². The van der Waals surface area contributed by atoms with E-state index in [1.54, 1.807) is 6.08 Å². The van der Waals surface area contributed by atoms with Gasteiger partial charge in [-0.15, -0.1) is 0 Å². The molecule has 0 fully saturated rings. The van der Waals surface area contributed by atoms with E-state index in [2.05, 4.69) is 43.5 Å². The largest absolute Gasteiger partial charge is 0.472 e. The Morgan fingerprint density at radius 1 is 0.541 bits per heavy atom. The number of hydrogen-bond acceptors (Lipinski definition) is 5. The number of carbonyl (C=O) groups is 1. The van der Waals surface area contributed by atoms with E-state index in [9.17, 15) is 19.4 Å². The third kappa shape index (κ3) is 46.5. The first kappa shape index (κ1) is 59.7. The summed E-state index contributed by atoms with van der Waals surface area (Å²) >= 11 is 0. The number of aliphatic hydroxyl groups excluding tert-OH is 1. The van der Waals surface area contributed by atoms with Crippen molar-refractivity contribution in [2.45, 2.75) is 251 Å². The van der Waals surface area contributed by atoms with Crippen molar-refractivity contribution in [2.24, 2.45) is 0 Å². The molecule has 0 aromatic heterocycles. The molecule has 0 aromatic rings. The molecule has 1 amide bonds. The van der Waals surface area contributed by atoms with Crippen molar-refractivity contribution < 1.29 is 32.9 Å². The van der Waals surface area contributed by atoms with E-state index in [1.807, 2.05) is 27.2 Å². The fourth-order valence-electron chi connectivity index (χ4n) is 7.49. The van der Waals surface area contributed by atoms with Crippen molar-refractivity contribution in [3.8, 4) is 0 Å². The molecule has 0 bridgehead atoms. The van der Waals surface area contributed by atoms with E-state index in [4.69, 9.17) is 9.05 Å². The predicted octanol–water partition coefficient (Wildman–Crippen LogP) is 15.0. The number of quaternary nitrogens is 1. The van der Waals surface area contributed by atoms with Crippen molar-refractivity contribution in [2.75, 3.05) is 40.9 Å². The van der Waals surface area contributed by atoms with Gasteiger partial charge >= 0.3 is 7.82 Å². The van der Waals surface area contributed by atoms with E-state index in [1.165, 1.54) is 173 Å². The summed E-state index contributed by atoms with van der Waals surface area (Å²) in [4.78, 5) is 23.2. The minimum Gasteiger partial charge on any atom is -0.387 e. The molecule has 0 heterocycles. The maximum atomic E-state index is 12.9. The molecule has 0 aliphatic rings. The monoisotopic (exact) mass is 882 g/mol. The fraction of sp³-hybridized carbons (Fsp3) is 0.865. The number of unbranched alkanes of at least 4 members (excludes halogenated alkanes) is 30. The molecule has 8 nitrogen and oxygen atoms in total. The van der Waals surface area contributed by atoms with Gasteiger partial charge in [0, 0.05) is 6.42 Å². The third-order valence-electron chi connectivity index (χ3n) is 11.6. The first-order valence-electron chi connectivity index (χ1n) is 25.9. The molecule has 0 aliphatic heterocycles. The lowest BCUT2D eigenvalue weighted by atomic mass is 10.0. The Kier molecular flexibility index (Phi) is 43.0. The number of carbonyl (C=O) groups excluding carboxylic acids is 1. The Balaban J connectivity index is 4.25. The van der Waals surface area contributed by atoms with Crippen LogP contribution in [0.25, 0.3) is 0 Å². The average molecular weight is 882 g/mol. The molecule has 0 aromatic carbocycles. The zero-order valence-electron chi connectivity index (χ0n) is 40.9. The Bertz CT molecular complexity index is 1090. The van der Waals surface area contributed by atoms with Crippen LogP contribution in [0.1, 0.15) is 239 Å². The quantitative estimate of drug-likeness (QED) is 0.0243. The summed E-state index contributed by atoms with van der Waals surface area (Å²) in [6.45, 7) is 4.79. The van der Waals surface area contributed by atoms with Crippen LogP contribution in [0.3, 0.4) is 0 Å². The molecule has 9 heteroatoms. The minimum atomic E-state index is -4.35. The molecule has 0 radical (unpaired) electrons. The molecule has 0 spiro atoms. The summed E-state index contributed by atoms with van der Waals surface area (Å²) in [5.41, 5.74) is 0. The molecule has 0 saturated carbocycles. The summed E-state index contributed by atoms with van der Waals surface area (Å²) in [6.07, 6.45) is 55.2. The normalized spacial score (nSPS) is 14.4. The molecule has 0 rings (SSSR count). The summed E-state index contributed by atoms with van der Waals surface area (Å²) in [5.74, 6) is -0.188. The SMILES string of the molecule is CCCCCCC/C=C/CC/C=C/CC/C=C/C(O)C(COP(=O)(O)OCC[N+](C)(C)C)NC(=O)CCCCCCCCCCCCCCCCCCCCCCCCCC. The van der Waals surface area contributed by atoms with Crippen LogP contribution in [0.2, 0.25) is 0 Å². The van der Waals surface area contributed by atoms with Crippen LogP contribution in [-0.2, 0) is 18.4 Å². The van der Waals surface area contributed by atoms with Gasteiger partial charge in [-0.1, -0.05) is 224 Å². The number of likely N-dealkylation sites (N-methyl/N-ethyl adjacent to an activating group) is 1. The number of rotatable bonds is 47. The second-order valence-electron chi connectivity index (χ2n) is 18.9. The molecule has 360 valence electrons. The highest BCUT2D eigenvalue weighted by molar-refractivity contribution is 7.47. The first-order chi connectivity index (χ1) is 29.5. The molecule has 0 saturated heterocycles. The maximum absolute atomic E-state index is 12.9. The van der Waals surface area contributed by atoms with Gasteiger partial charge in [0.2, 0.25) is 5.91 Å². The average Bonchev–Trinajstić information content (AvgIpc) is 3.21. The van der Waals surface area contributed by atoms with E-state index < -0.39 is 20.0 Å². The maximum Gasteiger partial charge on any atom is 0.472 e. The third-order valence-corrected chi connectivity index (χ3v) is 12.6. The van der Waals surface area contributed by atoms with E-state index in [0.717, 1.165) is 44.9 Å². The molecule has 3 N–H and O–H groups in total. The molecular weight excluding hydrogens is 780 g/mol. The Hall–Kier alpha value is -1.28. The van der Waals surface area contributed by atoms with Crippen LogP contribution in [0.4, 0.5) is 0 Å². The second-order valence-corrected chi connectivity index (χ2v) is 20.3. The number of hydrogen-bond donors (Lipinski definition) is 3. The number of phosphoric acid groups is 1.